The van der Waals surface area contributed by atoms with Gasteiger partial charge in [-0.25, -0.2) is 0 Å². The Balaban J connectivity index is 2.00. The van der Waals surface area contributed by atoms with Gasteiger partial charge < -0.3 is 10.6 Å². The minimum absolute atomic E-state index is 0.216. The Morgan fingerprint density at radius 2 is 2.19 bits per heavy atom. The van der Waals surface area contributed by atoms with E-state index >= 15 is 0 Å². The Morgan fingerprint density at radius 3 is 2.75 bits per heavy atom. The van der Waals surface area contributed by atoms with Crippen molar-refractivity contribution >= 4 is 29.0 Å². The third-order valence-electron chi connectivity index (χ3n) is 2.22. The molecule has 0 spiro atoms. The summed E-state index contributed by atoms with van der Waals surface area (Å²) in [7, 11) is 0. The molecule has 2 rings (SSSR count). The van der Waals surface area contributed by atoms with Crippen LogP contribution < -0.4 is 10.6 Å². The Bertz CT molecular complexity index is 427. The molecule has 16 heavy (non-hydrogen) atoms. The van der Waals surface area contributed by atoms with E-state index in [1.54, 1.807) is 24.3 Å². The summed E-state index contributed by atoms with van der Waals surface area (Å²) in [6.45, 7) is 2.62. The quantitative estimate of drug-likeness (QED) is 0.822. The third kappa shape index (κ3) is 2.52. The number of anilines is 1. The number of carbonyl (C=O) groups excluding carboxylic acids is 1. The minimum atomic E-state index is -0.216. The van der Waals surface area contributed by atoms with Gasteiger partial charge in [-0.15, -0.1) is 0 Å². The van der Waals surface area contributed by atoms with Crippen molar-refractivity contribution in [2.24, 2.45) is 4.99 Å². The predicted octanol–water partition coefficient (Wildman–Crippen LogP) is 1.67. The van der Waals surface area contributed by atoms with Crippen LogP contribution in [-0.2, 0) is 4.79 Å². The molecular formula is C11H12ClN3O. The lowest BCUT2D eigenvalue weighted by Gasteiger charge is -2.07. The van der Waals surface area contributed by atoms with Crippen LogP contribution in [0.5, 0.6) is 0 Å². The first-order valence-electron chi connectivity index (χ1n) is 5.03. The van der Waals surface area contributed by atoms with Gasteiger partial charge in [-0.2, -0.15) is 0 Å². The van der Waals surface area contributed by atoms with Crippen LogP contribution in [-0.4, -0.2) is 24.3 Å². The molecule has 84 valence electrons. The lowest BCUT2D eigenvalue weighted by Crippen LogP contribution is -2.36. The molecule has 0 fully saturated rings. The first-order chi connectivity index (χ1) is 7.65. The van der Waals surface area contributed by atoms with Crippen molar-refractivity contribution in [3.05, 3.63) is 29.3 Å². The molecule has 0 saturated carbocycles. The van der Waals surface area contributed by atoms with Crippen LogP contribution in [0.1, 0.15) is 6.92 Å². The van der Waals surface area contributed by atoms with Crippen LogP contribution >= 0.6 is 11.6 Å². The SMILES string of the molecule is CC1CN=C(C(=O)Nc2ccc(Cl)cc2)N1. The minimum Gasteiger partial charge on any atom is -0.361 e. The highest BCUT2D eigenvalue weighted by atomic mass is 35.5. The van der Waals surface area contributed by atoms with Crippen LogP contribution in [0.15, 0.2) is 29.3 Å². The fourth-order valence-electron chi connectivity index (χ4n) is 1.41. The van der Waals surface area contributed by atoms with Crippen molar-refractivity contribution in [2.45, 2.75) is 13.0 Å². The van der Waals surface area contributed by atoms with E-state index in [-0.39, 0.29) is 11.9 Å². The number of nitrogens with one attached hydrogen (secondary N) is 2. The van der Waals surface area contributed by atoms with Crippen LogP contribution in [0.25, 0.3) is 0 Å². The molecule has 1 heterocycles. The van der Waals surface area contributed by atoms with E-state index in [0.29, 0.717) is 23.1 Å². The summed E-state index contributed by atoms with van der Waals surface area (Å²) in [5, 5.41) is 6.38. The second kappa shape index (κ2) is 4.53. The zero-order chi connectivity index (χ0) is 11.5. The first kappa shape index (κ1) is 11.0. The maximum Gasteiger partial charge on any atom is 0.290 e. The molecule has 1 atom stereocenters. The van der Waals surface area contributed by atoms with Gasteiger partial charge >= 0.3 is 0 Å². The summed E-state index contributed by atoms with van der Waals surface area (Å²) in [6, 6.07) is 7.18. The van der Waals surface area contributed by atoms with Crippen LogP contribution in [0.2, 0.25) is 5.02 Å². The van der Waals surface area contributed by atoms with Crippen LogP contribution in [0.3, 0.4) is 0 Å². The average molecular weight is 238 g/mol. The Morgan fingerprint density at radius 1 is 1.50 bits per heavy atom. The van der Waals surface area contributed by atoms with E-state index in [2.05, 4.69) is 15.6 Å². The Hall–Kier alpha value is -1.55. The standard InChI is InChI=1S/C11H12ClN3O/c1-7-6-13-10(14-7)11(16)15-9-4-2-8(12)3-5-9/h2-5,7H,6H2,1H3,(H,13,14)(H,15,16). The van der Waals surface area contributed by atoms with Gasteiger partial charge in [0.2, 0.25) is 0 Å². The van der Waals surface area contributed by atoms with E-state index in [4.69, 9.17) is 11.6 Å². The van der Waals surface area contributed by atoms with E-state index in [9.17, 15) is 4.79 Å². The van der Waals surface area contributed by atoms with Gasteiger partial charge in [0.25, 0.3) is 5.91 Å². The molecule has 0 saturated heterocycles. The van der Waals surface area contributed by atoms with Gasteiger partial charge in [0.15, 0.2) is 5.84 Å². The topological polar surface area (TPSA) is 53.5 Å². The fourth-order valence-corrected chi connectivity index (χ4v) is 1.54. The number of nitrogens with zero attached hydrogens (tertiary/aromatic N) is 1. The van der Waals surface area contributed by atoms with Crippen molar-refractivity contribution in [3.8, 4) is 0 Å². The number of amides is 1. The zero-order valence-electron chi connectivity index (χ0n) is 8.83. The van der Waals surface area contributed by atoms with Crippen molar-refractivity contribution in [2.75, 3.05) is 11.9 Å². The van der Waals surface area contributed by atoms with Crippen molar-refractivity contribution < 1.29 is 4.79 Å². The molecule has 5 heteroatoms. The van der Waals surface area contributed by atoms with Crippen LogP contribution in [0, 0.1) is 0 Å². The molecule has 2 N–H and O–H groups in total. The lowest BCUT2D eigenvalue weighted by atomic mass is 10.3. The summed E-state index contributed by atoms with van der Waals surface area (Å²) < 4.78 is 0. The molecule has 1 unspecified atom stereocenters. The van der Waals surface area contributed by atoms with Gasteiger partial charge in [-0.1, -0.05) is 11.6 Å². The van der Waals surface area contributed by atoms with Gasteiger partial charge in [-0.05, 0) is 31.2 Å². The summed E-state index contributed by atoms with van der Waals surface area (Å²) in [5.74, 6) is 0.175. The normalized spacial score (nSPS) is 18.9. The molecule has 1 aromatic carbocycles. The van der Waals surface area contributed by atoms with Crippen molar-refractivity contribution in [1.82, 2.24) is 5.32 Å². The highest BCUT2D eigenvalue weighted by molar-refractivity contribution is 6.42. The second-order valence-electron chi connectivity index (χ2n) is 3.70. The average Bonchev–Trinajstić information content (AvgIpc) is 2.68. The molecule has 0 aromatic heterocycles. The monoisotopic (exact) mass is 237 g/mol. The lowest BCUT2D eigenvalue weighted by molar-refractivity contribution is -0.110. The Kier molecular flexibility index (Phi) is 3.10. The molecule has 1 aliphatic heterocycles. The highest BCUT2D eigenvalue weighted by Crippen LogP contribution is 2.13. The maximum absolute atomic E-state index is 11.7. The number of halogens is 1. The Labute approximate surface area is 98.7 Å². The van der Waals surface area contributed by atoms with Crippen molar-refractivity contribution in [3.63, 3.8) is 0 Å². The fraction of sp³-hybridized carbons (Fsp3) is 0.273. The summed E-state index contributed by atoms with van der Waals surface area (Å²) >= 11 is 5.75. The van der Waals surface area contributed by atoms with Crippen LogP contribution in [0.4, 0.5) is 5.69 Å². The molecule has 1 aliphatic rings. The van der Waals surface area contributed by atoms with Crippen molar-refractivity contribution in [1.29, 1.82) is 0 Å². The summed E-state index contributed by atoms with van der Waals surface area (Å²) in [6.07, 6.45) is 0. The predicted molar refractivity (Wildman–Crippen MR) is 65.0 cm³/mol. The van der Waals surface area contributed by atoms with Gasteiger partial charge in [0.1, 0.15) is 0 Å². The summed E-state index contributed by atoms with van der Waals surface area (Å²) in [4.78, 5) is 15.8. The molecular weight excluding hydrogens is 226 g/mol. The number of hydrogen-bond donors (Lipinski definition) is 2. The summed E-state index contributed by atoms with van der Waals surface area (Å²) in [5.41, 5.74) is 0.707. The highest BCUT2D eigenvalue weighted by Gasteiger charge is 2.19. The molecule has 0 bridgehead atoms. The van der Waals surface area contributed by atoms with E-state index in [1.807, 2.05) is 6.92 Å². The molecule has 0 aliphatic carbocycles. The van der Waals surface area contributed by atoms with E-state index < -0.39 is 0 Å². The second-order valence-corrected chi connectivity index (χ2v) is 4.13. The molecule has 0 radical (unpaired) electrons. The zero-order valence-corrected chi connectivity index (χ0v) is 9.58. The largest absolute Gasteiger partial charge is 0.361 e. The number of benzene rings is 1. The number of aliphatic imine (C=N–C) groups is 1. The number of carbonyl (C=O) groups is 1. The molecule has 4 nitrogen and oxygen atoms in total. The smallest absolute Gasteiger partial charge is 0.290 e. The number of hydrogen-bond acceptors (Lipinski definition) is 3. The van der Waals surface area contributed by atoms with E-state index in [0.717, 1.165) is 0 Å². The first-order valence-corrected chi connectivity index (χ1v) is 5.41. The van der Waals surface area contributed by atoms with Gasteiger partial charge in [0.05, 0.1) is 6.54 Å². The maximum atomic E-state index is 11.7. The van der Waals surface area contributed by atoms with Gasteiger partial charge in [-0.3, -0.25) is 9.79 Å². The number of rotatable bonds is 2. The van der Waals surface area contributed by atoms with E-state index in [1.165, 1.54) is 0 Å². The van der Waals surface area contributed by atoms with Gasteiger partial charge in [0, 0.05) is 16.8 Å². The molecule has 1 amide bonds. The third-order valence-corrected chi connectivity index (χ3v) is 2.48. The number of amidine groups is 1. The molecule has 1 aromatic rings.